The Balaban J connectivity index is 1.99. The molecule has 0 saturated heterocycles. The van der Waals surface area contributed by atoms with Crippen molar-refractivity contribution in [2.75, 3.05) is 0 Å². The molecule has 0 bridgehead atoms. The van der Waals surface area contributed by atoms with Crippen molar-refractivity contribution in [3.05, 3.63) is 35.5 Å². The number of hydrogen-bond donors (Lipinski definition) is 7. The number of carbonyl (C=O) groups excluding carboxylic acids is 6. The highest BCUT2D eigenvalue weighted by molar-refractivity contribution is 5.99. The summed E-state index contributed by atoms with van der Waals surface area (Å²) in [6.07, 6.45) is 0.896. The number of aromatic amines is 1. The van der Waals surface area contributed by atoms with Gasteiger partial charge in [-0.1, -0.05) is 52.3 Å². The normalized spacial score (nSPS) is 18.9. The van der Waals surface area contributed by atoms with Crippen LogP contribution in [0.4, 0.5) is 0 Å². The van der Waals surface area contributed by atoms with Crippen LogP contribution in [0.2, 0.25) is 0 Å². The van der Waals surface area contributed by atoms with E-state index in [2.05, 4.69) is 26.3 Å². The van der Waals surface area contributed by atoms with Gasteiger partial charge in [0.05, 0.1) is 6.42 Å². The van der Waals surface area contributed by atoms with Gasteiger partial charge in [0.25, 0.3) is 0 Å². The number of benzene rings is 1. The molecular formula is C30H43N7O6. The van der Waals surface area contributed by atoms with E-state index < -0.39 is 65.5 Å². The van der Waals surface area contributed by atoms with E-state index in [9.17, 15) is 28.8 Å². The average Bonchev–Trinajstić information content (AvgIpc) is 3.30. The fraction of sp³-hybridized carbons (Fsp3) is 0.533. The largest absolute Gasteiger partial charge is 0.370 e. The lowest BCUT2D eigenvalue weighted by Crippen LogP contribution is -2.67. The summed E-state index contributed by atoms with van der Waals surface area (Å²) in [5.74, 6) is -4.65. The minimum atomic E-state index is -1.47. The molecule has 0 fully saturated rings. The van der Waals surface area contributed by atoms with Crippen LogP contribution in [0, 0.1) is 11.8 Å². The molecule has 1 aliphatic carbocycles. The number of nitrogens with two attached hydrogens (primary N) is 2. The summed E-state index contributed by atoms with van der Waals surface area (Å²) in [5, 5.41) is 11.8. The van der Waals surface area contributed by atoms with E-state index >= 15 is 0 Å². The number of para-hydroxylation sites is 1. The zero-order valence-electron chi connectivity index (χ0n) is 25.3. The zero-order valence-corrected chi connectivity index (χ0v) is 25.3. The van der Waals surface area contributed by atoms with Crippen molar-refractivity contribution >= 4 is 46.3 Å². The first kappa shape index (κ1) is 33.1. The minimum Gasteiger partial charge on any atom is -0.370 e. The lowest BCUT2D eigenvalue weighted by Gasteiger charge is -2.39. The molecule has 13 nitrogen and oxygen atoms in total. The Morgan fingerprint density at radius 1 is 0.953 bits per heavy atom. The number of fused-ring (bicyclic) bond motifs is 3. The van der Waals surface area contributed by atoms with Crippen LogP contribution in [0.15, 0.2) is 24.3 Å². The molecule has 234 valence electrons. The van der Waals surface area contributed by atoms with Gasteiger partial charge in [-0.2, -0.15) is 0 Å². The molecule has 6 amide bonds. The summed E-state index contributed by atoms with van der Waals surface area (Å²) in [5.41, 5.74) is 11.8. The quantitative estimate of drug-likeness (QED) is 0.169. The van der Waals surface area contributed by atoms with Crippen molar-refractivity contribution in [3.63, 3.8) is 0 Å². The van der Waals surface area contributed by atoms with Gasteiger partial charge in [-0.3, -0.25) is 28.8 Å². The van der Waals surface area contributed by atoms with Crippen molar-refractivity contribution in [2.45, 2.75) is 90.4 Å². The van der Waals surface area contributed by atoms with Gasteiger partial charge >= 0.3 is 0 Å². The van der Waals surface area contributed by atoms with Crippen LogP contribution in [0.25, 0.3) is 10.9 Å². The number of rotatable bonds is 13. The average molecular weight is 598 g/mol. The Labute approximate surface area is 250 Å². The molecule has 13 heteroatoms. The summed E-state index contributed by atoms with van der Waals surface area (Å²) in [6.45, 7) is 8.48. The third-order valence-electron chi connectivity index (χ3n) is 8.13. The number of amides is 6. The molecule has 3 rings (SSSR count). The van der Waals surface area contributed by atoms with E-state index in [-0.39, 0.29) is 24.7 Å². The van der Waals surface area contributed by atoms with Crippen LogP contribution in [0.1, 0.15) is 65.1 Å². The first-order chi connectivity index (χ1) is 20.2. The van der Waals surface area contributed by atoms with Gasteiger partial charge in [-0.05, 0) is 36.3 Å². The Kier molecular flexibility index (Phi) is 10.5. The minimum absolute atomic E-state index is 0.134. The summed E-state index contributed by atoms with van der Waals surface area (Å²) in [6, 6.07) is 4.29. The van der Waals surface area contributed by atoms with Gasteiger partial charge in [-0.15, -0.1) is 0 Å². The number of aromatic nitrogens is 1. The zero-order chi connectivity index (χ0) is 32.1. The van der Waals surface area contributed by atoms with E-state index in [1.807, 2.05) is 38.1 Å². The number of primary amides is 2. The Morgan fingerprint density at radius 3 is 2.21 bits per heavy atom. The first-order valence-corrected chi connectivity index (χ1v) is 14.6. The van der Waals surface area contributed by atoms with Crippen molar-refractivity contribution in [2.24, 2.45) is 23.3 Å². The Bertz CT molecular complexity index is 1400. The summed E-state index contributed by atoms with van der Waals surface area (Å²) in [4.78, 5) is 80.0. The molecule has 2 aromatic rings. The van der Waals surface area contributed by atoms with Gasteiger partial charge in [0.15, 0.2) is 0 Å². The second kappa shape index (κ2) is 13.7. The van der Waals surface area contributed by atoms with E-state index in [1.165, 1.54) is 6.92 Å². The van der Waals surface area contributed by atoms with Gasteiger partial charge < -0.3 is 37.7 Å². The van der Waals surface area contributed by atoms with Gasteiger partial charge in [-0.25, -0.2) is 0 Å². The summed E-state index contributed by atoms with van der Waals surface area (Å²) >= 11 is 0. The lowest BCUT2D eigenvalue weighted by molar-refractivity contribution is -0.139. The van der Waals surface area contributed by atoms with Crippen LogP contribution in [0.5, 0.6) is 0 Å². The molecule has 1 aromatic heterocycles. The molecule has 1 aromatic carbocycles. The molecular weight excluding hydrogens is 554 g/mol. The standard InChI is InChI=1S/C30H43N7O6/c1-6-16(4)25(33-17(5)38)28(42)37-30(12-11-21-19(14-30)18-9-7-8-10-20(18)34-21)29(43)36-24(15(2)3)27(41)35-22(26(32)40)13-23(31)39/h7-10,15-16,22,24-25,34H,6,11-14H2,1-5H3,(H2,31,39)(H2,32,40)(H,33,38)(H,35,41)(H,36,43)(H,37,42)/t16-,22+,24+,25-,30-/m1/s1. The van der Waals surface area contributed by atoms with E-state index in [4.69, 9.17) is 11.5 Å². The van der Waals surface area contributed by atoms with Crippen molar-refractivity contribution in [1.29, 1.82) is 0 Å². The smallest absolute Gasteiger partial charge is 0.246 e. The maximum atomic E-state index is 14.3. The predicted molar refractivity (Wildman–Crippen MR) is 160 cm³/mol. The molecule has 43 heavy (non-hydrogen) atoms. The number of aryl methyl sites for hydroxylation is 1. The molecule has 1 aliphatic rings. The molecule has 9 N–H and O–H groups in total. The second-order valence-corrected chi connectivity index (χ2v) is 11.8. The topological polar surface area (TPSA) is 218 Å². The molecule has 5 atom stereocenters. The number of carbonyl (C=O) groups is 6. The highest BCUT2D eigenvalue weighted by atomic mass is 16.2. The number of hydrogen-bond acceptors (Lipinski definition) is 6. The SMILES string of the molecule is CC[C@@H](C)[C@@H](NC(C)=O)C(=O)N[C@]1(C(=O)N[C@H](C(=O)N[C@@H](CC(N)=O)C(N)=O)C(C)C)CCc2[nH]c3ccccc3c2C1. The maximum absolute atomic E-state index is 14.3. The molecule has 0 radical (unpaired) electrons. The van der Waals surface area contributed by atoms with Crippen molar-refractivity contribution in [3.8, 4) is 0 Å². The monoisotopic (exact) mass is 597 g/mol. The fourth-order valence-electron chi connectivity index (χ4n) is 5.49. The van der Waals surface area contributed by atoms with E-state index in [0.29, 0.717) is 12.8 Å². The van der Waals surface area contributed by atoms with E-state index in [1.54, 1.807) is 13.8 Å². The van der Waals surface area contributed by atoms with Crippen molar-refractivity contribution < 1.29 is 28.8 Å². The molecule has 0 spiro atoms. The lowest BCUT2D eigenvalue weighted by atomic mass is 9.78. The third kappa shape index (κ3) is 7.70. The van der Waals surface area contributed by atoms with Gasteiger partial charge in [0.2, 0.25) is 35.4 Å². The number of nitrogens with one attached hydrogen (secondary N) is 5. The predicted octanol–water partition coefficient (Wildman–Crippen LogP) is 0.0487. The van der Waals surface area contributed by atoms with Crippen LogP contribution in [0.3, 0.4) is 0 Å². The highest BCUT2D eigenvalue weighted by Crippen LogP contribution is 2.34. The summed E-state index contributed by atoms with van der Waals surface area (Å²) in [7, 11) is 0. The fourth-order valence-corrected chi connectivity index (χ4v) is 5.49. The Hall–Kier alpha value is -4.42. The Morgan fingerprint density at radius 2 is 1.63 bits per heavy atom. The van der Waals surface area contributed by atoms with Crippen LogP contribution >= 0.6 is 0 Å². The highest BCUT2D eigenvalue weighted by Gasteiger charge is 2.46. The maximum Gasteiger partial charge on any atom is 0.246 e. The van der Waals surface area contributed by atoms with Gasteiger partial charge in [0, 0.05) is 29.9 Å². The number of H-pyrrole nitrogens is 1. The molecule has 0 aliphatic heterocycles. The van der Waals surface area contributed by atoms with E-state index in [0.717, 1.165) is 22.2 Å². The van der Waals surface area contributed by atoms with Crippen molar-refractivity contribution in [1.82, 2.24) is 26.3 Å². The first-order valence-electron chi connectivity index (χ1n) is 14.6. The van der Waals surface area contributed by atoms with Crippen LogP contribution in [-0.4, -0.2) is 64.1 Å². The van der Waals surface area contributed by atoms with Gasteiger partial charge in [0.1, 0.15) is 23.7 Å². The molecule has 1 heterocycles. The molecule has 0 saturated carbocycles. The molecule has 0 unspecified atom stereocenters. The summed E-state index contributed by atoms with van der Waals surface area (Å²) < 4.78 is 0. The van der Waals surface area contributed by atoms with Crippen LogP contribution in [-0.2, 0) is 41.6 Å². The van der Waals surface area contributed by atoms with Crippen LogP contribution < -0.4 is 32.7 Å². The third-order valence-corrected chi connectivity index (χ3v) is 8.13. The second-order valence-electron chi connectivity index (χ2n) is 11.8.